The minimum atomic E-state index is -2.41. The van der Waals surface area contributed by atoms with E-state index in [2.05, 4.69) is 134 Å². The molecular formula is C42H79NO8Si2. The Morgan fingerprint density at radius 1 is 0.887 bits per heavy atom. The fourth-order valence-corrected chi connectivity index (χ4v) is 11.6. The van der Waals surface area contributed by atoms with Gasteiger partial charge in [0.1, 0.15) is 17.8 Å². The summed E-state index contributed by atoms with van der Waals surface area (Å²) in [4.78, 5) is 16.7. The molecule has 0 aliphatic carbocycles. The quantitative estimate of drug-likeness (QED) is 0.129. The summed E-state index contributed by atoms with van der Waals surface area (Å²) in [6.45, 7) is 39.6. The maximum Gasteiger partial charge on any atom is 0.311 e. The molecule has 308 valence electrons. The fourth-order valence-electron chi connectivity index (χ4n) is 8.88. The molecule has 3 unspecified atom stereocenters. The summed E-state index contributed by atoms with van der Waals surface area (Å²) in [5.74, 6) is -2.13. The van der Waals surface area contributed by atoms with Crippen molar-refractivity contribution >= 4 is 22.6 Å². The molecule has 4 heterocycles. The first kappa shape index (κ1) is 45.1. The number of esters is 1. The summed E-state index contributed by atoms with van der Waals surface area (Å²) in [7, 11) is -0.435. The molecule has 4 rings (SSSR count). The maximum absolute atomic E-state index is 14.5. The number of fused-ring (bicyclic) bond motifs is 2. The summed E-state index contributed by atoms with van der Waals surface area (Å²) < 4.78 is 50.2. The third-order valence-electron chi connectivity index (χ3n) is 14.1. The molecule has 0 N–H and O–H groups in total. The number of hydrogen-bond donors (Lipinski definition) is 0. The van der Waals surface area contributed by atoms with Gasteiger partial charge in [0, 0.05) is 17.9 Å². The van der Waals surface area contributed by atoms with Gasteiger partial charge in [0.05, 0.1) is 29.8 Å². The molecule has 11 heteroatoms. The number of cyclic esters (lactones) is 1. The van der Waals surface area contributed by atoms with Crippen LogP contribution in [-0.4, -0.2) is 101 Å². The van der Waals surface area contributed by atoms with Crippen molar-refractivity contribution < 1.29 is 37.3 Å². The lowest BCUT2D eigenvalue weighted by Gasteiger charge is -2.52. The second-order valence-corrected chi connectivity index (χ2v) is 30.3. The topological polar surface area (TPSA) is 84.9 Å². The van der Waals surface area contributed by atoms with Crippen molar-refractivity contribution in [2.45, 2.75) is 219 Å². The first-order chi connectivity index (χ1) is 24.0. The molecule has 3 saturated heterocycles. The average molecular weight is 782 g/mol. The van der Waals surface area contributed by atoms with Crippen LogP contribution in [0.3, 0.4) is 0 Å². The van der Waals surface area contributed by atoms with Crippen molar-refractivity contribution in [3.63, 3.8) is 0 Å². The van der Waals surface area contributed by atoms with E-state index in [1.54, 1.807) is 0 Å². The lowest BCUT2D eigenvalue weighted by atomic mass is 9.78. The highest BCUT2D eigenvalue weighted by Crippen LogP contribution is 2.58. The van der Waals surface area contributed by atoms with E-state index in [9.17, 15) is 4.79 Å². The van der Waals surface area contributed by atoms with Gasteiger partial charge in [0.2, 0.25) is 0 Å². The van der Waals surface area contributed by atoms with E-state index in [1.165, 1.54) is 0 Å². The Balaban J connectivity index is 1.94. The van der Waals surface area contributed by atoms with Gasteiger partial charge in [-0.15, -0.1) is 0 Å². The normalized spacial score (nSPS) is 41.9. The van der Waals surface area contributed by atoms with Gasteiger partial charge in [0.15, 0.2) is 28.7 Å². The summed E-state index contributed by atoms with van der Waals surface area (Å²) >= 11 is 0. The SMILES string of the molecule is CCC1=CC2(C)OC13OC(C)(C[C@H]3C)[C@H](O[C@@H]1O[C@H](C)C[C@H](N(C)C)[C@H]1O[Si](C)(C)C(C)(C)C)[C@@H](C)[C@H](O[Si](C)(C)C(C)(C)C)[C@@H](C)C(=O)O[C@@H]2CC. The van der Waals surface area contributed by atoms with Crippen molar-refractivity contribution in [2.75, 3.05) is 14.1 Å². The van der Waals surface area contributed by atoms with Gasteiger partial charge in [0.25, 0.3) is 0 Å². The molecule has 0 aromatic carbocycles. The maximum atomic E-state index is 14.5. The minimum absolute atomic E-state index is 0.00460. The van der Waals surface area contributed by atoms with Crippen LogP contribution in [0.5, 0.6) is 0 Å². The molecule has 0 aromatic heterocycles. The number of ether oxygens (including phenoxy) is 5. The van der Waals surface area contributed by atoms with Crippen molar-refractivity contribution in [2.24, 2.45) is 17.8 Å². The highest BCUT2D eigenvalue weighted by Gasteiger charge is 2.66. The van der Waals surface area contributed by atoms with Crippen LogP contribution in [0.15, 0.2) is 11.6 Å². The van der Waals surface area contributed by atoms with Gasteiger partial charge in [-0.1, -0.05) is 69.2 Å². The Kier molecular flexibility index (Phi) is 13.0. The standard InChI is InChI=1S/C42H79NO8Si2/c1-21-30-25-40(13)32(22-2)46-36(44)29(6)33(48-52(17,18)38(7,8)9)28(5)35(41(14)24-26(3)42(30,50-40)51-41)47-37-34(49-53(19,20)39(10,11)12)31(43(15)16)23-27(4)45-37/h25-29,31-35,37H,21-24H2,1-20H3/t26-,27-,28+,29-,31+,32-,33+,34-,35-,37+,40?,41?,42?/m1/s1. The average Bonchev–Trinajstić information content (AvgIpc) is 3.46. The van der Waals surface area contributed by atoms with Crippen molar-refractivity contribution in [1.82, 2.24) is 4.90 Å². The largest absolute Gasteiger partial charge is 0.459 e. The van der Waals surface area contributed by atoms with Crippen LogP contribution in [0.2, 0.25) is 36.3 Å². The van der Waals surface area contributed by atoms with Crippen LogP contribution in [0.25, 0.3) is 0 Å². The van der Waals surface area contributed by atoms with Gasteiger partial charge in [-0.2, -0.15) is 0 Å². The van der Waals surface area contributed by atoms with Crippen LogP contribution in [-0.2, 0) is 37.3 Å². The Hall–Kier alpha value is -0.636. The van der Waals surface area contributed by atoms with E-state index in [0.717, 1.165) is 18.4 Å². The predicted octanol–water partition coefficient (Wildman–Crippen LogP) is 9.46. The minimum Gasteiger partial charge on any atom is -0.459 e. The number of likely N-dealkylation sites (N-methyl/N-ethyl adjacent to an activating group) is 1. The lowest BCUT2D eigenvalue weighted by Crippen LogP contribution is -2.63. The van der Waals surface area contributed by atoms with E-state index in [4.69, 9.17) is 32.5 Å². The van der Waals surface area contributed by atoms with Crippen LogP contribution < -0.4 is 0 Å². The summed E-state index contributed by atoms with van der Waals surface area (Å²) in [5, 5.41) is -0.0954. The van der Waals surface area contributed by atoms with E-state index < -0.39 is 64.1 Å². The second kappa shape index (κ2) is 15.3. The highest BCUT2D eigenvalue weighted by atomic mass is 28.4. The molecule has 4 aliphatic heterocycles. The smallest absolute Gasteiger partial charge is 0.311 e. The van der Waals surface area contributed by atoms with Crippen molar-refractivity contribution in [3.8, 4) is 0 Å². The number of nitrogens with zero attached hydrogens (tertiary/aromatic N) is 1. The number of carbonyl (C=O) groups excluding carboxylic acids is 1. The molecule has 9 nitrogen and oxygen atoms in total. The lowest BCUT2D eigenvalue weighted by molar-refractivity contribution is -0.326. The Morgan fingerprint density at radius 2 is 1.43 bits per heavy atom. The molecule has 53 heavy (non-hydrogen) atoms. The van der Waals surface area contributed by atoms with Crippen LogP contribution in [0.1, 0.15) is 123 Å². The monoisotopic (exact) mass is 782 g/mol. The first-order valence-electron chi connectivity index (χ1n) is 20.6. The van der Waals surface area contributed by atoms with E-state index in [0.29, 0.717) is 12.8 Å². The van der Waals surface area contributed by atoms with Crippen molar-refractivity contribution in [1.29, 1.82) is 0 Å². The number of carbonyl (C=O) groups is 1. The van der Waals surface area contributed by atoms with Crippen molar-refractivity contribution in [3.05, 3.63) is 11.6 Å². The zero-order chi connectivity index (χ0) is 40.5. The molecule has 4 aliphatic rings. The molecule has 3 bridgehead atoms. The Bertz CT molecular complexity index is 1340. The summed E-state index contributed by atoms with van der Waals surface area (Å²) in [6.07, 6.45) is 2.46. The zero-order valence-electron chi connectivity index (χ0n) is 37.4. The van der Waals surface area contributed by atoms with Crippen LogP contribution in [0.4, 0.5) is 0 Å². The number of rotatable bonds is 9. The second-order valence-electron chi connectivity index (χ2n) is 20.8. The van der Waals surface area contributed by atoms with E-state index in [1.807, 2.05) is 13.8 Å². The first-order valence-corrected chi connectivity index (χ1v) is 26.5. The van der Waals surface area contributed by atoms with Gasteiger partial charge >= 0.3 is 5.97 Å². The molecular weight excluding hydrogens is 703 g/mol. The highest BCUT2D eigenvalue weighted by molar-refractivity contribution is 6.74. The Morgan fingerprint density at radius 3 is 1.92 bits per heavy atom. The Labute approximate surface area is 326 Å². The summed E-state index contributed by atoms with van der Waals surface area (Å²) in [5.41, 5.74) is -0.584. The molecule has 0 amide bonds. The number of hydrogen-bond acceptors (Lipinski definition) is 9. The van der Waals surface area contributed by atoms with Gasteiger partial charge in [-0.25, -0.2) is 0 Å². The molecule has 0 saturated carbocycles. The summed E-state index contributed by atoms with van der Waals surface area (Å²) in [6, 6.07) is 0.0784. The zero-order valence-corrected chi connectivity index (χ0v) is 39.4. The van der Waals surface area contributed by atoms with Gasteiger partial charge in [-0.3, -0.25) is 4.79 Å². The molecule has 0 aromatic rings. The van der Waals surface area contributed by atoms with Crippen LogP contribution in [0, 0.1) is 17.8 Å². The molecule has 1 spiro atoms. The fraction of sp³-hybridized carbons (Fsp3) is 0.929. The van der Waals surface area contributed by atoms with Crippen LogP contribution >= 0.6 is 0 Å². The molecule has 3 fully saturated rings. The van der Waals surface area contributed by atoms with Gasteiger partial charge in [-0.05, 0) is 115 Å². The van der Waals surface area contributed by atoms with Gasteiger partial charge < -0.3 is 37.4 Å². The van der Waals surface area contributed by atoms with E-state index in [-0.39, 0.29) is 46.1 Å². The third kappa shape index (κ3) is 8.50. The van der Waals surface area contributed by atoms with E-state index >= 15 is 0 Å². The predicted molar refractivity (Wildman–Crippen MR) is 218 cm³/mol. The third-order valence-corrected chi connectivity index (χ3v) is 23.1. The molecule has 13 atom stereocenters. The molecule has 0 radical (unpaired) electrons.